The highest BCUT2D eigenvalue weighted by atomic mass is 35.5. The lowest BCUT2D eigenvalue weighted by atomic mass is 9.85. The minimum absolute atomic E-state index is 0.405. The molecule has 0 bridgehead atoms. The number of aromatic nitrogens is 4. The summed E-state index contributed by atoms with van der Waals surface area (Å²) >= 11 is 6.04. The van der Waals surface area contributed by atoms with Crippen molar-refractivity contribution >= 4 is 34.4 Å². The minimum Gasteiger partial charge on any atom is -0.345 e. The Morgan fingerprint density at radius 3 is 2.86 bits per heavy atom. The summed E-state index contributed by atoms with van der Waals surface area (Å²) in [5.41, 5.74) is 0.775. The molecule has 3 aromatic rings. The van der Waals surface area contributed by atoms with E-state index in [2.05, 4.69) is 19.9 Å². The maximum atomic E-state index is 12.4. The number of halogens is 4. The summed E-state index contributed by atoms with van der Waals surface area (Å²) in [4.78, 5) is 30.0. The van der Waals surface area contributed by atoms with Gasteiger partial charge in [0.15, 0.2) is 0 Å². The number of hydrogen-bond donors (Lipinski definition) is 2. The van der Waals surface area contributed by atoms with E-state index in [0.29, 0.717) is 35.1 Å². The molecule has 0 spiro atoms. The first kappa shape index (κ1) is 19.4. The number of nitrogens with one attached hydrogen (secondary N) is 2. The smallest absolute Gasteiger partial charge is 0.345 e. The normalized spacial score (nSPS) is 19.3. The van der Waals surface area contributed by atoms with Crippen LogP contribution in [0, 0.1) is 0 Å². The fourth-order valence-corrected chi connectivity index (χ4v) is 3.50. The van der Waals surface area contributed by atoms with Gasteiger partial charge in [-0.15, -0.1) is 0 Å². The zero-order valence-corrected chi connectivity index (χ0v) is 16.0. The van der Waals surface area contributed by atoms with Crippen LogP contribution in [-0.4, -0.2) is 50.6 Å². The van der Waals surface area contributed by atoms with Crippen LogP contribution in [0.15, 0.2) is 30.9 Å². The number of amides is 1. The summed E-state index contributed by atoms with van der Waals surface area (Å²) in [7, 11) is 0. The largest absolute Gasteiger partial charge is 0.405 e. The predicted octanol–water partition coefficient (Wildman–Crippen LogP) is 3.32. The van der Waals surface area contributed by atoms with E-state index in [0.717, 1.165) is 10.9 Å². The number of carbonyl (C=O) groups is 1. The number of pyridine rings is 1. The second kappa shape index (κ2) is 6.87. The van der Waals surface area contributed by atoms with Crippen LogP contribution in [0.25, 0.3) is 22.3 Å². The van der Waals surface area contributed by atoms with Crippen molar-refractivity contribution in [3.05, 3.63) is 35.9 Å². The van der Waals surface area contributed by atoms with Gasteiger partial charge in [0.25, 0.3) is 0 Å². The lowest BCUT2D eigenvalue weighted by Crippen LogP contribution is -2.67. The number of aromatic amines is 1. The molecule has 11 heteroatoms. The summed E-state index contributed by atoms with van der Waals surface area (Å²) in [6.45, 7) is 0.700. The van der Waals surface area contributed by atoms with Gasteiger partial charge < -0.3 is 15.2 Å². The Morgan fingerprint density at radius 1 is 1.38 bits per heavy atom. The van der Waals surface area contributed by atoms with Gasteiger partial charge in [0.1, 0.15) is 23.5 Å². The second-order valence-corrected chi connectivity index (χ2v) is 7.42. The van der Waals surface area contributed by atoms with Crippen molar-refractivity contribution in [2.24, 2.45) is 0 Å². The highest BCUT2D eigenvalue weighted by molar-refractivity contribution is 6.31. The van der Waals surface area contributed by atoms with Crippen LogP contribution >= 0.6 is 11.6 Å². The van der Waals surface area contributed by atoms with E-state index in [1.165, 1.54) is 12.4 Å². The van der Waals surface area contributed by atoms with E-state index in [9.17, 15) is 18.0 Å². The van der Waals surface area contributed by atoms with Crippen molar-refractivity contribution in [1.29, 1.82) is 0 Å². The van der Waals surface area contributed by atoms with Gasteiger partial charge in [-0.1, -0.05) is 11.6 Å². The Labute approximate surface area is 168 Å². The average Bonchev–Trinajstić information content (AvgIpc) is 3.07. The molecule has 29 heavy (non-hydrogen) atoms. The molecule has 0 aliphatic carbocycles. The van der Waals surface area contributed by atoms with Gasteiger partial charge in [-0.2, -0.15) is 13.2 Å². The van der Waals surface area contributed by atoms with Gasteiger partial charge in [-0.3, -0.25) is 9.78 Å². The van der Waals surface area contributed by atoms with E-state index in [1.54, 1.807) is 30.3 Å². The molecule has 3 aromatic heterocycles. The summed E-state index contributed by atoms with van der Waals surface area (Å²) < 4.78 is 37.3. The van der Waals surface area contributed by atoms with Crippen LogP contribution in [0.4, 0.5) is 19.0 Å². The molecular formula is C18H16ClF3N6O. The first-order valence-corrected chi connectivity index (χ1v) is 9.13. The van der Waals surface area contributed by atoms with Crippen LogP contribution in [0.2, 0.25) is 5.02 Å². The summed E-state index contributed by atoms with van der Waals surface area (Å²) in [6, 6.07) is 1.75. The zero-order valence-electron chi connectivity index (χ0n) is 15.2. The zero-order chi connectivity index (χ0) is 20.8. The molecule has 1 aliphatic heterocycles. The van der Waals surface area contributed by atoms with E-state index in [-0.39, 0.29) is 0 Å². The molecule has 0 unspecified atom stereocenters. The number of rotatable bonds is 4. The molecule has 1 atom stereocenters. The Morgan fingerprint density at radius 2 is 2.17 bits per heavy atom. The van der Waals surface area contributed by atoms with E-state index in [1.807, 2.05) is 5.32 Å². The summed E-state index contributed by atoms with van der Waals surface area (Å²) in [5, 5.41) is 3.19. The molecule has 4 rings (SSSR count). The fourth-order valence-electron chi connectivity index (χ4n) is 3.34. The third-order valence-electron chi connectivity index (χ3n) is 5.03. The van der Waals surface area contributed by atoms with Crippen molar-refractivity contribution in [2.45, 2.75) is 25.1 Å². The quantitative estimate of drug-likeness (QED) is 0.671. The minimum atomic E-state index is -4.47. The van der Waals surface area contributed by atoms with Crippen LogP contribution in [0.1, 0.15) is 13.3 Å². The van der Waals surface area contributed by atoms with Gasteiger partial charge >= 0.3 is 6.18 Å². The average molecular weight is 425 g/mol. The molecule has 1 aliphatic rings. The number of H-pyrrole nitrogens is 1. The molecule has 0 radical (unpaired) electrons. The van der Waals surface area contributed by atoms with Gasteiger partial charge in [0, 0.05) is 29.9 Å². The topological polar surface area (TPSA) is 86.8 Å². The van der Waals surface area contributed by atoms with Crippen molar-refractivity contribution < 1.29 is 18.0 Å². The molecule has 4 heterocycles. The molecule has 1 amide bonds. The molecule has 152 valence electrons. The van der Waals surface area contributed by atoms with Crippen molar-refractivity contribution in [3.63, 3.8) is 0 Å². The highest BCUT2D eigenvalue weighted by Gasteiger charge is 2.48. The number of fused-ring (bicyclic) bond motifs is 1. The SMILES string of the molecule is C[C@]1(C(=O)NCC(F)(F)F)CCN1c1cncc(-c2c[nH]c3ncc(Cl)cc23)n1. The summed E-state index contributed by atoms with van der Waals surface area (Å²) in [5.74, 6) is -0.292. The van der Waals surface area contributed by atoms with Gasteiger partial charge in [0.05, 0.1) is 23.1 Å². The molecule has 7 nitrogen and oxygen atoms in total. The molecule has 0 aromatic carbocycles. The van der Waals surface area contributed by atoms with Crippen LogP contribution in [0.3, 0.4) is 0 Å². The van der Waals surface area contributed by atoms with Gasteiger partial charge in [0.2, 0.25) is 5.91 Å². The number of nitrogens with zero attached hydrogens (tertiary/aromatic N) is 4. The standard InChI is InChI=1S/C18H16ClF3N6O/c1-17(16(29)26-9-18(20,21)22)2-3-28(17)14-8-23-7-13(27-14)12-6-25-15-11(12)4-10(19)5-24-15/h4-8H,2-3,9H2,1H3,(H,24,25)(H,26,29)/t17-/m1/s1. The van der Waals surface area contributed by atoms with E-state index >= 15 is 0 Å². The number of carbonyl (C=O) groups excluding carboxylic acids is 1. The van der Waals surface area contributed by atoms with Crippen molar-refractivity contribution in [1.82, 2.24) is 25.3 Å². The Balaban J connectivity index is 1.62. The van der Waals surface area contributed by atoms with Crippen molar-refractivity contribution in [3.8, 4) is 11.3 Å². The number of hydrogen-bond acceptors (Lipinski definition) is 5. The monoisotopic (exact) mass is 424 g/mol. The summed E-state index contributed by atoms with van der Waals surface area (Å²) in [6.07, 6.45) is 2.25. The Bertz CT molecular complexity index is 1080. The first-order chi connectivity index (χ1) is 13.7. The lowest BCUT2D eigenvalue weighted by Gasteiger charge is -2.49. The molecule has 0 saturated carbocycles. The van der Waals surface area contributed by atoms with Crippen LogP contribution < -0.4 is 10.2 Å². The van der Waals surface area contributed by atoms with Gasteiger partial charge in [-0.25, -0.2) is 9.97 Å². The predicted molar refractivity (Wildman–Crippen MR) is 102 cm³/mol. The fraction of sp³-hybridized carbons (Fsp3) is 0.333. The molecule has 1 fully saturated rings. The molecule has 2 N–H and O–H groups in total. The third kappa shape index (κ3) is 3.59. The van der Waals surface area contributed by atoms with E-state index in [4.69, 9.17) is 11.6 Å². The van der Waals surface area contributed by atoms with Gasteiger partial charge in [-0.05, 0) is 19.4 Å². The molecular weight excluding hydrogens is 409 g/mol. The lowest BCUT2D eigenvalue weighted by molar-refractivity contribution is -0.142. The Kier molecular flexibility index (Phi) is 4.60. The van der Waals surface area contributed by atoms with Crippen LogP contribution in [0.5, 0.6) is 0 Å². The van der Waals surface area contributed by atoms with Crippen molar-refractivity contribution in [2.75, 3.05) is 18.0 Å². The number of alkyl halides is 3. The Hall–Kier alpha value is -2.88. The molecule has 1 saturated heterocycles. The maximum Gasteiger partial charge on any atom is 0.405 e. The first-order valence-electron chi connectivity index (χ1n) is 8.75. The van der Waals surface area contributed by atoms with E-state index < -0.39 is 24.2 Å². The maximum absolute atomic E-state index is 12.4. The highest BCUT2D eigenvalue weighted by Crippen LogP contribution is 2.36. The van der Waals surface area contributed by atoms with Crippen LogP contribution in [-0.2, 0) is 4.79 Å². The third-order valence-corrected chi connectivity index (χ3v) is 5.24. The second-order valence-electron chi connectivity index (χ2n) is 6.99. The number of anilines is 1.